The lowest BCUT2D eigenvalue weighted by Gasteiger charge is -2.44. The van der Waals surface area contributed by atoms with Gasteiger partial charge >= 0.3 is 0 Å². The first-order valence-electron chi connectivity index (χ1n) is 7.38. The van der Waals surface area contributed by atoms with Crippen LogP contribution in [-0.4, -0.2) is 17.5 Å². The minimum absolute atomic E-state index is 0.518. The number of fused-ring (bicyclic) bond motifs is 1. The maximum absolute atomic E-state index is 5.72. The highest BCUT2D eigenvalue weighted by Crippen LogP contribution is 2.36. The Hall–Kier alpha value is -0.800. The first-order chi connectivity index (χ1) is 8.88. The zero-order valence-electron chi connectivity index (χ0n) is 11.1. The molecule has 1 aliphatic carbocycles. The van der Waals surface area contributed by atoms with Crippen molar-refractivity contribution in [3.05, 3.63) is 23.7 Å². The number of likely N-dealkylation sites (tertiary alicyclic amines) is 1. The van der Waals surface area contributed by atoms with Crippen molar-refractivity contribution in [3.8, 4) is 0 Å². The summed E-state index contributed by atoms with van der Waals surface area (Å²) in [4.78, 5) is 2.68. The van der Waals surface area contributed by atoms with Crippen LogP contribution in [0.4, 0.5) is 0 Å². The fourth-order valence-corrected chi connectivity index (χ4v) is 3.83. The summed E-state index contributed by atoms with van der Waals surface area (Å²) in [6, 6.07) is 2.90. The highest BCUT2D eigenvalue weighted by Gasteiger charge is 2.33. The third kappa shape index (κ3) is 2.34. The van der Waals surface area contributed by atoms with Crippen LogP contribution in [0.25, 0.3) is 0 Å². The fourth-order valence-electron chi connectivity index (χ4n) is 3.83. The van der Waals surface area contributed by atoms with E-state index in [1.54, 1.807) is 6.26 Å². The summed E-state index contributed by atoms with van der Waals surface area (Å²) in [5, 5.41) is 0. The van der Waals surface area contributed by atoms with Crippen molar-refractivity contribution in [1.82, 2.24) is 4.90 Å². The zero-order valence-corrected chi connectivity index (χ0v) is 11.1. The lowest BCUT2D eigenvalue weighted by atomic mass is 9.78. The molecule has 3 nitrogen and oxygen atoms in total. The van der Waals surface area contributed by atoms with Crippen LogP contribution < -0.4 is 5.73 Å². The Bertz CT molecular complexity index is 386. The van der Waals surface area contributed by atoms with Crippen LogP contribution in [0.1, 0.15) is 49.8 Å². The average Bonchev–Trinajstić information content (AvgIpc) is 2.86. The molecule has 1 saturated carbocycles. The van der Waals surface area contributed by atoms with E-state index in [2.05, 4.69) is 11.0 Å². The maximum Gasteiger partial charge on any atom is 0.121 e. The standard InChI is InChI=1S/C15H24N2O/c16-10-15-13(7-9-18-15)11-17-8-3-5-12-4-1-2-6-14(12)17/h7,9,12,14H,1-6,8,10-11,16H2. The number of piperidine rings is 1. The minimum Gasteiger partial charge on any atom is -0.468 e. The van der Waals surface area contributed by atoms with Gasteiger partial charge in [-0.15, -0.1) is 0 Å². The van der Waals surface area contributed by atoms with E-state index in [4.69, 9.17) is 10.2 Å². The second-order valence-corrected chi connectivity index (χ2v) is 5.80. The highest BCUT2D eigenvalue weighted by atomic mass is 16.3. The van der Waals surface area contributed by atoms with Crippen molar-refractivity contribution in [1.29, 1.82) is 0 Å². The molecule has 0 spiro atoms. The lowest BCUT2D eigenvalue weighted by molar-refractivity contribution is 0.0543. The van der Waals surface area contributed by atoms with Gasteiger partial charge in [0.1, 0.15) is 5.76 Å². The molecule has 1 aliphatic heterocycles. The molecule has 18 heavy (non-hydrogen) atoms. The number of nitrogens with two attached hydrogens (primary N) is 1. The molecule has 2 aliphatic rings. The molecule has 1 aromatic heterocycles. The van der Waals surface area contributed by atoms with E-state index in [0.29, 0.717) is 6.54 Å². The molecule has 1 saturated heterocycles. The summed E-state index contributed by atoms with van der Waals surface area (Å²) >= 11 is 0. The first kappa shape index (κ1) is 12.2. The maximum atomic E-state index is 5.72. The van der Waals surface area contributed by atoms with Crippen molar-refractivity contribution >= 4 is 0 Å². The Morgan fingerprint density at radius 2 is 2.06 bits per heavy atom. The van der Waals surface area contributed by atoms with Crippen LogP contribution in [0.15, 0.2) is 16.7 Å². The summed E-state index contributed by atoms with van der Waals surface area (Å²) in [6.07, 6.45) is 10.3. The minimum atomic E-state index is 0.518. The Labute approximate surface area is 109 Å². The SMILES string of the molecule is NCc1occc1CN1CCCC2CCCCC21. The average molecular weight is 248 g/mol. The molecule has 3 rings (SSSR count). The molecule has 3 heteroatoms. The molecule has 2 unspecified atom stereocenters. The molecule has 1 aromatic rings. The summed E-state index contributed by atoms with van der Waals surface area (Å²) < 4.78 is 5.44. The summed E-state index contributed by atoms with van der Waals surface area (Å²) in [5.41, 5.74) is 7.01. The van der Waals surface area contributed by atoms with Gasteiger partial charge < -0.3 is 10.2 Å². The zero-order chi connectivity index (χ0) is 12.4. The van der Waals surface area contributed by atoms with E-state index in [0.717, 1.165) is 24.3 Å². The van der Waals surface area contributed by atoms with E-state index in [1.165, 1.54) is 50.6 Å². The third-order valence-electron chi connectivity index (χ3n) is 4.75. The van der Waals surface area contributed by atoms with E-state index in [-0.39, 0.29) is 0 Å². The molecule has 2 heterocycles. The van der Waals surface area contributed by atoms with Gasteiger partial charge in [-0.25, -0.2) is 0 Å². The van der Waals surface area contributed by atoms with E-state index in [1.807, 2.05) is 0 Å². The summed E-state index contributed by atoms with van der Waals surface area (Å²) in [6.45, 7) is 2.80. The molecular weight excluding hydrogens is 224 g/mol. The number of rotatable bonds is 3. The smallest absolute Gasteiger partial charge is 0.121 e. The molecular formula is C15H24N2O. The van der Waals surface area contributed by atoms with Crippen LogP contribution in [-0.2, 0) is 13.1 Å². The Morgan fingerprint density at radius 3 is 2.94 bits per heavy atom. The number of furan rings is 1. The molecule has 0 bridgehead atoms. The van der Waals surface area contributed by atoms with Crippen molar-refractivity contribution in [3.63, 3.8) is 0 Å². The Morgan fingerprint density at radius 1 is 1.22 bits per heavy atom. The van der Waals surface area contributed by atoms with Crippen molar-refractivity contribution in [2.75, 3.05) is 6.54 Å². The van der Waals surface area contributed by atoms with Gasteiger partial charge in [0, 0.05) is 18.2 Å². The van der Waals surface area contributed by atoms with Gasteiger partial charge in [-0.1, -0.05) is 12.8 Å². The van der Waals surface area contributed by atoms with Crippen LogP contribution in [0.2, 0.25) is 0 Å². The topological polar surface area (TPSA) is 42.4 Å². The monoisotopic (exact) mass is 248 g/mol. The predicted octanol–water partition coefficient (Wildman–Crippen LogP) is 2.89. The van der Waals surface area contributed by atoms with Gasteiger partial charge in [-0.05, 0) is 44.2 Å². The molecule has 2 N–H and O–H groups in total. The van der Waals surface area contributed by atoms with Crippen molar-refractivity contribution < 1.29 is 4.42 Å². The van der Waals surface area contributed by atoms with Gasteiger partial charge in [-0.3, -0.25) is 4.90 Å². The molecule has 2 fully saturated rings. The van der Waals surface area contributed by atoms with Crippen LogP contribution in [0, 0.1) is 5.92 Å². The van der Waals surface area contributed by atoms with Crippen molar-refractivity contribution in [2.45, 2.75) is 57.7 Å². The predicted molar refractivity (Wildman–Crippen MR) is 72.0 cm³/mol. The third-order valence-corrected chi connectivity index (χ3v) is 4.75. The summed E-state index contributed by atoms with van der Waals surface area (Å²) in [7, 11) is 0. The largest absolute Gasteiger partial charge is 0.468 e. The van der Waals surface area contributed by atoms with Gasteiger partial charge in [0.25, 0.3) is 0 Å². The van der Waals surface area contributed by atoms with E-state index < -0.39 is 0 Å². The molecule has 0 aromatic carbocycles. The number of hydrogen-bond acceptors (Lipinski definition) is 3. The van der Waals surface area contributed by atoms with Gasteiger partial charge in [0.05, 0.1) is 12.8 Å². The first-order valence-corrected chi connectivity index (χ1v) is 7.38. The van der Waals surface area contributed by atoms with Crippen LogP contribution in [0.5, 0.6) is 0 Å². The lowest BCUT2D eigenvalue weighted by Crippen LogP contribution is -2.46. The quantitative estimate of drug-likeness (QED) is 0.894. The number of nitrogens with zero attached hydrogens (tertiary/aromatic N) is 1. The number of hydrogen-bond donors (Lipinski definition) is 1. The molecule has 100 valence electrons. The molecule has 2 atom stereocenters. The molecule has 0 amide bonds. The fraction of sp³-hybridized carbons (Fsp3) is 0.733. The highest BCUT2D eigenvalue weighted by molar-refractivity contribution is 5.17. The van der Waals surface area contributed by atoms with Crippen molar-refractivity contribution in [2.24, 2.45) is 11.7 Å². The second kappa shape index (κ2) is 5.45. The second-order valence-electron chi connectivity index (χ2n) is 5.80. The van der Waals surface area contributed by atoms with Gasteiger partial charge in [0.2, 0.25) is 0 Å². The van der Waals surface area contributed by atoms with Gasteiger partial charge in [0.15, 0.2) is 0 Å². The molecule has 0 radical (unpaired) electrons. The van der Waals surface area contributed by atoms with E-state index in [9.17, 15) is 0 Å². The summed E-state index contributed by atoms with van der Waals surface area (Å²) in [5.74, 6) is 1.91. The Balaban J connectivity index is 1.71. The van der Waals surface area contributed by atoms with Gasteiger partial charge in [-0.2, -0.15) is 0 Å². The van der Waals surface area contributed by atoms with Crippen LogP contribution in [0.3, 0.4) is 0 Å². The van der Waals surface area contributed by atoms with Crippen LogP contribution >= 0.6 is 0 Å². The van der Waals surface area contributed by atoms with E-state index >= 15 is 0 Å². The Kier molecular flexibility index (Phi) is 3.71. The normalized spacial score (nSPS) is 29.2.